The van der Waals surface area contributed by atoms with Gasteiger partial charge in [-0.15, -0.1) is 10.2 Å². The van der Waals surface area contributed by atoms with Crippen LogP contribution in [0.2, 0.25) is 0 Å². The number of methoxy groups -OCH3 is 1. The van der Waals surface area contributed by atoms with Gasteiger partial charge < -0.3 is 14.6 Å². The fourth-order valence-electron chi connectivity index (χ4n) is 2.63. The number of hydrogen-bond donors (Lipinski definition) is 1. The highest BCUT2D eigenvalue weighted by Gasteiger charge is 2.14. The lowest BCUT2D eigenvalue weighted by Crippen LogP contribution is -2.10. The van der Waals surface area contributed by atoms with Crippen molar-refractivity contribution in [3.8, 4) is 17.1 Å². The predicted octanol–water partition coefficient (Wildman–Crippen LogP) is 3.81. The van der Waals surface area contributed by atoms with Gasteiger partial charge in [-0.1, -0.05) is 18.7 Å². The molecule has 8 heteroatoms. The van der Waals surface area contributed by atoms with Crippen LogP contribution in [0.3, 0.4) is 0 Å². The minimum atomic E-state index is -0.0606. The topological polar surface area (TPSA) is 86.1 Å². The average Bonchev–Trinajstić information content (AvgIpc) is 3.12. The monoisotopic (exact) mass is 410 g/mol. The molecule has 0 unspecified atom stereocenters. The van der Waals surface area contributed by atoms with Crippen molar-refractivity contribution < 1.29 is 14.3 Å². The summed E-state index contributed by atoms with van der Waals surface area (Å²) in [5.74, 6) is 1.66. The second-order valence-corrected chi connectivity index (χ2v) is 7.23. The van der Waals surface area contributed by atoms with Crippen molar-refractivity contribution in [1.29, 1.82) is 0 Å². The number of ether oxygens (including phenoxy) is 1. The van der Waals surface area contributed by atoms with Crippen molar-refractivity contribution in [3.05, 3.63) is 54.1 Å². The lowest BCUT2D eigenvalue weighted by Gasteiger charge is -2.06. The first kappa shape index (κ1) is 20.6. The van der Waals surface area contributed by atoms with Crippen LogP contribution < -0.4 is 10.1 Å². The maximum atomic E-state index is 12.5. The van der Waals surface area contributed by atoms with Gasteiger partial charge in [0.1, 0.15) is 5.75 Å². The summed E-state index contributed by atoms with van der Waals surface area (Å²) >= 11 is 1.34. The number of amides is 1. The first-order chi connectivity index (χ1) is 14.0. The zero-order chi connectivity index (χ0) is 20.8. The molecule has 0 spiro atoms. The highest BCUT2D eigenvalue weighted by molar-refractivity contribution is 7.99. The molecule has 0 aliphatic heterocycles. The van der Waals surface area contributed by atoms with Crippen molar-refractivity contribution in [1.82, 2.24) is 14.8 Å². The molecule has 1 N–H and O–H groups in total. The van der Waals surface area contributed by atoms with E-state index in [1.807, 2.05) is 35.9 Å². The summed E-state index contributed by atoms with van der Waals surface area (Å²) in [6.07, 6.45) is 0.410. The van der Waals surface area contributed by atoms with Gasteiger partial charge in [0.15, 0.2) is 16.8 Å². The third-order valence-corrected chi connectivity index (χ3v) is 5.35. The molecule has 29 heavy (non-hydrogen) atoms. The molecule has 0 atom stereocenters. The Bertz CT molecular complexity index is 998. The van der Waals surface area contributed by atoms with Crippen LogP contribution in [0.5, 0.6) is 5.75 Å². The van der Waals surface area contributed by atoms with Gasteiger partial charge in [0, 0.05) is 30.3 Å². The van der Waals surface area contributed by atoms with E-state index in [4.69, 9.17) is 4.74 Å². The van der Waals surface area contributed by atoms with E-state index in [-0.39, 0.29) is 17.4 Å². The second-order valence-electron chi connectivity index (χ2n) is 6.28. The molecule has 1 aromatic heterocycles. The Morgan fingerprint density at radius 3 is 2.38 bits per heavy atom. The van der Waals surface area contributed by atoms with E-state index in [9.17, 15) is 9.59 Å². The molecule has 0 fully saturated rings. The number of nitrogens with zero attached hydrogens (tertiary/aromatic N) is 3. The van der Waals surface area contributed by atoms with Crippen LogP contribution in [0.1, 0.15) is 23.7 Å². The zero-order valence-corrected chi connectivity index (χ0v) is 17.3. The molecule has 3 rings (SSSR count). The van der Waals surface area contributed by atoms with Crippen LogP contribution in [-0.2, 0) is 11.8 Å². The normalized spacial score (nSPS) is 10.6. The predicted molar refractivity (Wildman–Crippen MR) is 113 cm³/mol. The van der Waals surface area contributed by atoms with Crippen LogP contribution in [0.25, 0.3) is 11.4 Å². The number of ketones is 1. The zero-order valence-electron chi connectivity index (χ0n) is 16.5. The number of anilines is 1. The minimum Gasteiger partial charge on any atom is -0.497 e. The molecular formula is C21H22N4O3S. The largest absolute Gasteiger partial charge is 0.497 e. The quantitative estimate of drug-likeness (QED) is 0.449. The molecule has 7 nitrogen and oxygen atoms in total. The minimum absolute atomic E-state index is 0.0163. The molecule has 0 radical (unpaired) electrons. The van der Waals surface area contributed by atoms with E-state index in [1.54, 1.807) is 38.3 Å². The van der Waals surface area contributed by atoms with Crippen LogP contribution in [0.15, 0.2) is 53.7 Å². The highest BCUT2D eigenvalue weighted by atomic mass is 32.2. The molecule has 3 aromatic rings. The first-order valence-corrected chi connectivity index (χ1v) is 10.1. The van der Waals surface area contributed by atoms with E-state index < -0.39 is 0 Å². The smallest absolute Gasteiger partial charge is 0.224 e. The Balaban J connectivity index is 1.63. The number of carbonyl (C=O) groups excluding carboxylic acids is 2. The average molecular weight is 410 g/mol. The number of thioether (sulfide) groups is 1. The lowest BCUT2D eigenvalue weighted by molar-refractivity contribution is -0.115. The summed E-state index contributed by atoms with van der Waals surface area (Å²) in [6.45, 7) is 1.79. The van der Waals surface area contributed by atoms with Crippen LogP contribution >= 0.6 is 11.8 Å². The molecule has 0 bridgehead atoms. The van der Waals surface area contributed by atoms with Gasteiger partial charge in [-0.2, -0.15) is 0 Å². The van der Waals surface area contributed by atoms with Crippen molar-refractivity contribution in [2.75, 3.05) is 18.2 Å². The van der Waals surface area contributed by atoms with Gasteiger partial charge in [0.05, 0.1) is 12.9 Å². The molecule has 0 saturated heterocycles. The maximum absolute atomic E-state index is 12.5. The molecule has 0 aliphatic rings. The number of nitrogens with one attached hydrogen (secondary N) is 1. The summed E-state index contributed by atoms with van der Waals surface area (Å²) in [5, 5.41) is 11.9. The molecule has 0 aliphatic carbocycles. The number of aromatic nitrogens is 3. The summed E-state index contributed by atoms with van der Waals surface area (Å²) in [7, 11) is 3.50. The number of hydrogen-bond acceptors (Lipinski definition) is 6. The molecule has 1 amide bonds. The fraction of sp³-hybridized carbons (Fsp3) is 0.238. The molecular weight excluding hydrogens is 388 g/mol. The van der Waals surface area contributed by atoms with E-state index in [0.717, 1.165) is 17.1 Å². The Morgan fingerprint density at radius 1 is 1.07 bits per heavy atom. The SMILES string of the molecule is CCC(=O)Nc1ccc(C(=O)CSc2nnc(-c3ccc(OC)cc3)n2C)cc1. The van der Waals surface area contributed by atoms with E-state index in [2.05, 4.69) is 15.5 Å². The molecule has 0 saturated carbocycles. The van der Waals surface area contributed by atoms with Crippen molar-refractivity contribution in [3.63, 3.8) is 0 Å². The molecule has 150 valence electrons. The van der Waals surface area contributed by atoms with Gasteiger partial charge in [0.2, 0.25) is 5.91 Å². The third kappa shape index (κ3) is 5.03. The number of rotatable bonds is 8. The number of Topliss-reactive ketones (excluding diaryl/α,β-unsaturated/α-hetero) is 1. The fourth-order valence-corrected chi connectivity index (χ4v) is 3.44. The van der Waals surface area contributed by atoms with Crippen LogP contribution in [0, 0.1) is 0 Å². The van der Waals surface area contributed by atoms with Gasteiger partial charge in [-0.25, -0.2) is 0 Å². The van der Waals surface area contributed by atoms with Gasteiger partial charge >= 0.3 is 0 Å². The summed E-state index contributed by atoms with van der Waals surface area (Å²) in [5.41, 5.74) is 2.19. The summed E-state index contributed by atoms with van der Waals surface area (Å²) < 4.78 is 7.04. The van der Waals surface area contributed by atoms with Crippen molar-refractivity contribution in [2.45, 2.75) is 18.5 Å². The van der Waals surface area contributed by atoms with Gasteiger partial charge in [-0.3, -0.25) is 9.59 Å². The standard InChI is InChI=1S/C21H22N4O3S/c1-4-19(27)22-16-9-5-14(6-10-16)18(26)13-29-21-24-23-20(25(21)2)15-7-11-17(28-3)12-8-15/h5-12H,4,13H2,1-3H3,(H,22,27). The van der Waals surface area contributed by atoms with Crippen molar-refractivity contribution in [2.24, 2.45) is 7.05 Å². The van der Waals surface area contributed by atoms with Crippen LogP contribution in [0.4, 0.5) is 5.69 Å². The second kappa shape index (κ2) is 9.38. The Kier molecular flexibility index (Phi) is 6.66. The lowest BCUT2D eigenvalue weighted by atomic mass is 10.1. The summed E-state index contributed by atoms with van der Waals surface area (Å²) in [6, 6.07) is 14.5. The van der Waals surface area contributed by atoms with Crippen molar-refractivity contribution >= 4 is 29.1 Å². The van der Waals surface area contributed by atoms with Gasteiger partial charge in [-0.05, 0) is 48.5 Å². The van der Waals surface area contributed by atoms with Crippen LogP contribution in [-0.4, -0.2) is 39.3 Å². The Labute approximate surface area is 173 Å². The highest BCUT2D eigenvalue weighted by Crippen LogP contribution is 2.25. The molecule has 2 aromatic carbocycles. The van der Waals surface area contributed by atoms with E-state index in [1.165, 1.54) is 11.8 Å². The summed E-state index contributed by atoms with van der Waals surface area (Å²) in [4.78, 5) is 23.9. The number of carbonyl (C=O) groups is 2. The number of benzene rings is 2. The Morgan fingerprint density at radius 2 is 1.76 bits per heavy atom. The Hall–Kier alpha value is -3.13. The first-order valence-electron chi connectivity index (χ1n) is 9.11. The van der Waals surface area contributed by atoms with Gasteiger partial charge in [0.25, 0.3) is 0 Å². The molecule has 1 heterocycles. The third-order valence-electron chi connectivity index (χ3n) is 4.33. The van der Waals surface area contributed by atoms with E-state index >= 15 is 0 Å². The van der Waals surface area contributed by atoms with E-state index in [0.29, 0.717) is 22.8 Å². The maximum Gasteiger partial charge on any atom is 0.224 e.